The molecule has 0 aliphatic heterocycles. The molecule has 0 bridgehead atoms. The van der Waals surface area contributed by atoms with Gasteiger partial charge in [-0.1, -0.05) is 52.4 Å². The highest BCUT2D eigenvalue weighted by molar-refractivity contribution is 5.54. The highest BCUT2D eigenvalue weighted by atomic mass is 16.1. The van der Waals surface area contributed by atoms with E-state index in [1.807, 2.05) is 0 Å². The van der Waals surface area contributed by atoms with E-state index in [0.717, 1.165) is 24.7 Å². The highest BCUT2D eigenvalue weighted by Gasteiger charge is 2.20. The minimum atomic E-state index is 0.261. The summed E-state index contributed by atoms with van der Waals surface area (Å²) in [6, 6.07) is 0. The average Bonchev–Trinajstić information content (AvgIpc) is 2.34. The molecule has 99 valence electrons. The van der Waals surface area contributed by atoms with E-state index >= 15 is 0 Å². The summed E-state index contributed by atoms with van der Waals surface area (Å²) in [5.74, 6) is 2.03. The summed E-state index contributed by atoms with van der Waals surface area (Å²) in [5, 5.41) is 0. The first kappa shape index (κ1) is 14.7. The van der Waals surface area contributed by atoms with E-state index in [1.54, 1.807) is 0 Å². The lowest BCUT2D eigenvalue weighted by atomic mass is 9.80. The molecule has 1 fully saturated rings. The highest BCUT2D eigenvalue weighted by Crippen LogP contribution is 2.31. The first-order valence-electron chi connectivity index (χ1n) is 7.60. The molecule has 1 radical (unpaired) electrons. The summed E-state index contributed by atoms with van der Waals surface area (Å²) in [5.41, 5.74) is 0. The largest absolute Gasteiger partial charge is 0.291 e. The molecular weight excluding hydrogens is 208 g/mol. The first-order valence-corrected chi connectivity index (χ1v) is 7.60. The van der Waals surface area contributed by atoms with E-state index in [-0.39, 0.29) is 5.92 Å². The number of hydrogen-bond acceptors (Lipinski definition) is 1. The number of unbranched alkanes of at least 4 members (excludes halogenated alkanes) is 3. The Labute approximate surface area is 107 Å². The normalized spacial score (nSPS) is 25.1. The van der Waals surface area contributed by atoms with Gasteiger partial charge in [-0.05, 0) is 37.5 Å². The van der Waals surface area contributed by atoms with Crippen LogP contribution in [0.25, 0.3) is 0 Å². The molecule has 1 heteroatoms. The molecule has 0 atom stereocenters. The van der Waals surface area contributed by atoms with Gasteiger partial charge in [-0.2, -0.15) is 0 Å². The van der Waals surface area contributed by atoms with E-state index < -0.39 is 0 Å². The standard InChI is InChI=1S/C16H29O/c1-14(2)7-5-3-4-6-8-15-9-11-16(13-17)12-10-15/h14-16H,3-12H2,1-2H3. The third kappa shape index (κ3) is 6.85. The summed E-state index contributed by atoms with van der Waals surface area (Å²) < 4.78 is 0. The zero-order valence-corrected chi connectivity index (χ0v) is 11.7. The van der Waals surface area contributed by atoms with E-state index in [2.05, 4.69) is 20.1 Å². The Morgan fingerprint density at radius 3 is 2.24 bits per heavy atom. The molecule has 1 rings (SSSR count). The maximum Gasteiger partial charge on any atom is 0.201 e. The van der Waals surface area contributed by atoms with E-state index in [0.29, 0.717) is 0 Å². The maximum absolute atomic E-state index is 10.5. The minimum Gasteiger partial charge on any atom is -0.291 e. The summed E-state index contributed by atoms with van der Waals surface area (Å²) in [6.07, 6.45) is 15.3. The summed E-state index contributed by atoms with van der Waals surface area (Å²) in [6.45, 7) is 4.62. The zero-order chi connectivity index (χ0) is 12.5. The van der Waals surface area contributed by atoms with Crippen molar-refractivity contribution < 1.29 is 4.79 Å². The molecule has 17 heavy (non-hydrogen) atoms. The van der Waals surface area contributed by atoms with Gasteiger partial charge >= 0.3 is 0 Å². The Kier molecular flexibility index (Phi) is 7.55. The van der Waals surface area contributed by atoms with Crippen LogP contribution in [0.5, 0.6) is 0 Å². The molecule has 0 spiro atoms. The molecule has 0 aromatic heterocycles. The van der Waals surface area contributed by atoms with Gasteiger partial charge in [0.05, 0.1) is 0 Å². The fourth-order valence-corrected chi connectivity index (χ4v) is 2.91. The van der Waals surface area contributed by atoms with Gasteiger partial charge in [-0.15, -0.1) is 0 Å². The lowest BCUT2D eigenvalue weighted by Crippen LogP contribution is -2.15. The van der Waals surface area contributed by atoms with E-state index in [4.69, 9.17) is 0 Å². The van der Waals surface area contributed by atoms with Crippen molar-refractivity contribution in [2.75, 3.05) is 0 Å². The van der Waals surface area contributed by atoms with Crippen molar-refractivity contribution in [1.29, 1.82) is 0 Å². The summed E-state index contributed by atoms with van der Waals surface area (Å²) in [4.78, 5) is 10.5. The molecule has 0 unspecified atom stereocenters. The van der Waals surface area contributed by atoms with E-state index in [9.17, 15) is 4.79 Å². The van der Waals surface area contributed by atoms with Crippen molar-refractivity contribution in [2.24, 2.45) is 17.8 Å². The van der Waals surface area contributed by atoms with Crippen LogP contribution in [0.4, 0.5) is 0 Å². The molecule has 1 aliphatic carbocycles. The molecule has 1 nitrogen and oxygen atoms in total. The topological polar surface area (TPSA) is 17.1 Å². The zero-order valence-electron chi connectivity index (χ0n) is 11.7. The Hall–Kier alpha value is -0.330. The van der Waals surface area contributed by atoms with Crippen LogP contribution in [-0.2, 0) is 4.79 Å². The molecule has 1 saturated carbocycles. The van der Waals surface area contributed by atoms with Crippen molar-refractivity contribution in [1.82, 2.24) is 0 Å². The average molecular weight is 237 g/mol. The summed E-state index contributed by atoms with van der Waals surface area (Å²) >= 11 is 0. The van der Waals surface area contributed by atoms with Crippen LogP contribution in [0.1, 0.15) is 78.1 Å². The second kappa shape index (κ2) is 8.72. The van der Waals surface area contributed by atoms with Crippen LogP contribution in [0.2, 0.25) is 0 Å². The van der Waals surface area contributed by atoms with E-state index in [1.165, 1.54) is 51.4 Å². The van der Waals surface area contributed by atoms with Gasteiger partial charge < -0.3 is 0 Å². The maximum atomic E-state index is 10.5. The fraction of sp³-hybridized carbons (Fsp3) is 0.938. The SMILES string of the molecule is CC(C)CCCCCCC1CCC([C]=O)CC1. The van der Waals surface area contributed by atoms with Gasteiger partial charge in [0, 0.05) is 5.92 Å². The van der Waals surface area contributed by atoms with Gasteiger partial charge in [0.25, 0.3) is 0 Å². The second-order valence-electron chi connectivity index (χ2n) is 6.22. The molecule has 0 saturated heterocycles. The number of rotatable bonds is 8. The number of hydrogen-bond donors (Lipinski definition) is 0. The minimum absolute atomic E-state index is 0.261. The molecule has 0 amide bonds. The van der Waals surface area contributed by atoms with Crippen LogP contribution in [0.3, 0.4) is 0 Å². The quantitative estimate of drug-likeness (QED) is 0.549. The third-order valence-electron chi connectivity index (χ3n) is 4.16. The third-order valence-corrected chi connectivity index (χ3v) is 4.16. The fourth-order valence-electron chi connectivity index (χ4n) is 2.91. The Morgan fingerprint density at radius 1 is 1.00 bits per heavy atom. The van der Waals surface area contributed by atoms with Crippen LogP contribution >= 0.6 is 0 Å². The molecule has 0 aromatic rings. The second-order valence-corrected chi connectivity index (χ2v) is 6.22. The van der Waals surface area contributed by atoms with Gasteiger partial charge in [-0.3, -0.25) is 4.79 Å². The van der Waals surface area contributed by atoms with Gasteiger partial charge in [0.1, 0.15) is 0 Å². The molecule has 1 aliphatic rings. The predicted octanol–water partition coefficient (Wildman–Crippen LogP) is 4.90. The van der Waals surface area contributed by atoms with Crippen molar-refractivity contribution in [3.8, 4) is 0 Å². The van der Waals surface area contributed by atoms with Crippen molar-refractivity contribution in [3.63, 3.8) is 0 Å². The number of carbonyl (C=O) groups excluding carboxylic acids is 1. The Balaban J connectivity index is 1.91. The van der Waals surface area contributed by atoms with Crippen molar-refractivity contribution in [3.05, 3.63) is 0 Å². The van der Waals surface area contributed by atoms with Crippen LogP contribution in [-0.4, -0.2) is 6.29 Å². The molecular formula is C16H29O. The van der Waals surface area contributed by atoms with Gasteiger partial charge in [0.15, 0.2) is 0 Å². The van der Waals surface area contributed by atoms with Crippen molar-refractivity contribution >= 4 is 6.29 Å². The molecule has 0 N–H and O–H groups in total. The van der Waals surface area contributed by atoms with Crippen LogP contribution in [0, 0.1) is 17.8 Å². The lowest BCUT2D eigenvalue weighted by molar-refractivity contribution is 0.293. The van der Waals surface area contributed by atoms with Crippen molar-refractivity contribution in [2.45, 2.75) is 78.1 Å². The first-order chi connectivity index (χ1) is 8.22. The van der Waals surface area contributed by atoms with Crippen LogP contribution in [0.15, 0.2) is 0 Å². The molecule has 0 heterocycles. The van der Waals surface area contributed by atoms with Gasteiger partial charge in [-0.25, -0.2) is 0 Å². The Bertz CT molecular complexity index is 190. The predicted molar refractivity (Wildman–Crippen MR) is 73.7 cm³/mol. The monoisotopic (exact) mass is 237 g/mol. The smallest absolute Gasteiger partial charge is 0.201 e. The molecule has 0 aromatic carbocycles. The lowest BCUT2D eigenvalue weighted by Gasteiger charge is -2.24. The van der Waals surface area contributed by atoms with Gasteiger partial charge in [0.2, 0.25) is 6.29 Å². The van der Waals surface area contributed by atoms with Crippen LogP contribution < -0.4 is 0 Å². The summed E-state index contributed by atoms with van der Waals surface area (Å²) in [7, 11) is 0. The Morgan fingerprint density at radius 2 is 1.65 bits per heavy atom.